The van der Waals surface area contributed by atoms with E-state index in [9.17, 15) is 9.59 Å². The molecule has 9 heteroatoms. The van der Waals surface area contributed by atoms with Gasteiger partial charge in [-0.1, -0.05) is 72.1 Å². The first kappa shape index (κ1) is 19.7. The van der Waals surface area contributed by atoms with Crippen LogP contribution in [0.4, 0.5) is 4.79 Å². The van der Waals surface area contributed by atoms with Gasteiger partial charge < -0.3 is 5.32 Å². The average Bonchev–Trinajstić information content (AvgIpc) is 3.07. The molecule has 0 spiro atoms. The molecule has 0 saturated carbocycles. The number of rotatable bonds is 9. The van der Waals surface area contributed by atoms with E-state index < -0.39 is 6.03 Å². The lowest BCUT2D eigenvalue weighted by molar-refractivity contribution is -0.119. The average molecular weight is 397 g/mol. The van der Waals surface area contributed by atoms with E-state index in [4.69, 9.17) is 0 Å². The Balaban J connectivity index is 1.61. The third kappa shape index (κ3) is 7.89. The van der Waals surface area contributed by atoms with Crippen molar-refractivity contribution in [1.29, 1.82) is 0 Å². The normalized spacial score (nSPS) is 10.4. The van der Waals surface area contributed by atoms with Crippen molar-refractivity contribution in [3.8, 4) is 0 Å². The molecule has 1 heterocycles. The first-order valence-electron chi connectivity index (χ1n) is 7.88. The van der Waals surface area contributed by atoms with Crippen LogP contribution >= 0.6 is 34.9 Å². The Morgan fingerprint density at radius 3 is 2.44 bits per heavy atom. The highest BCUT2D eigenvalue weighted by Crippen LogP contribution is 2.29. The molecule has 0 saturated heterocycles. The summed E-state index contributed by atoms with van der Waals surface area (Å²) in [5.74, 6) is 1.29. The van der Waals surface area contributed by atoms with Crippen LogP contribution in [0.5, 0.6) is 0 Å². The molecule has 0 aliphatic heterocycles. The number of benzene rings is 1. The monoisotopic (exact) mass is 396 g/mol. The number of thioether (sulfide) groups is 2. The highest BCUT2D eigenvalue weighted by molar-refractivity contribution is 8.03. The van der Waals surface area contributed by atoms with E-state index in [0.29, 0.717) is 12.3 Å². The SMILES string of the molecule is CCCSc1nnc(SCCC(=O)NC(=O)NCc2ccccc2)s1. The summed E-state index contributed by atoms with van der Waals surface area (Å²) in [7, 11) is 0. The minimum Gasteiger partial charge on any atom is -0.334 e. The molecule has 0 fully saturated rings. The molecular formula is C16H20N4O2S3. The van der Waals surface area contributed by atoms with Crippen molar-refractivity contribution < 1.29 is 9.59 Å². The summed E-state index contributed by atoms with van der Waals surface area (Å²) in [5.41, 5.74) is 0.980. The largest absolute Gasteiger partial charge is 0.334 e. The molecule has 0 aliphatic carbocycles. The summed E-state index contributed by atoms with van der Waals surface area (Å²) < 4.78 is 1.80. The van der Waals surface area contributed by atoms with Gasteiger partial charge in [0, 0.05) is 24.5 Å². The van der Waals surface area contributed by atoms with E-state index in [2.05, 4.69) is 27.8 Å². The van der Waals surface area contributed by atoms with Gasteiger partial charge >= 0.3 is 6.03 Å². The Labute approximate surface area is 159 Å². The van der Waals surface area contributed by atoms with Gasteiger partial charge in [0.2, 0.25) is 5.91 Å². The number of hydrogen-bond donors (Lipinski definition) is 2. The van der Waals surface area contributed by atoms with Crippen LogP contribution in [0, 0.1) is 0 Å². The third-order valence-corrected chi connectivity index (χ3v) is 6.32. The number of carbonyl (C=O) groups is 2. The van der Waals surface area contributed by atoms with Gasteiger partial charge in [-0.3, -0.25) is 10.1 Å². The second-order valence-corrected chi connectivity index (χ2v) is 8.66. The number of nitrogens with zero attached hydrogens (tertiary/aromatic N) is 2. The molecule has 0 bridgehead atoms. The summed E-state index contributed by atoms with van der Waals surface area (Å²) in [6, 6.07) is 9.05. The lowest BCUT2D eigenvalue weighted by atomic mass is 10.2. The number of hydrogen-bond acceptors (Lipinski definition) is 7. The molecule has 3 amide bonds. The van der Waals surface area contributed by atoms with E-state index in [0.717, 1.165) is 26.4 Å². The summed E-state index contributed by atoms with van der Waals surface area (Å²) in [6.07, 6.45) is 1.35. The lowest BCUT2D eigenvalue weighted by Gasteiger charge is -2.06. The Morgan fingerprint density at radius 2 is 1.76 bits per heavy atom. The summed E-state index contributed by atoms with van der Waals surface area (Å²) in [4.78, 5) is 23.5. The number of imide groups is 1. The van der Waals surface area contributed by atoms with Crippen molar-refractivity contribution in [2.75, 3.05) is 11.5 Å². The Morgan fingerprint density at radius 1 is 1.08 bits per heavy atom. The Hall–Kier alpha value is -1.58. The van der Waals surface area contributed by atoms with Gasteiger partial charge in [0.15, 0.2) is 8.68 Å². The molecule has 6 nitrogen and oxygen atoms in total. The van der Waals surface area contributed by atoms with Gasteiger partial charge in [-0.25, -0.2) is 4.79 Å². The molecule has 0 radical (unpaired) electrons. The molecule has 0 atom stereocenters. The molecular weight excluding hydrogens is 376 g/mol. The van der Waals surface area contributed by atoms with Gasteiger partial charge in [0.05, 0.1) is 0 Å². The van der Waals surface area contributed by atoms with Crippen molar-refractivity contribution in [3.05, 3.63) is 35.9 Å². The third-order valence-electron chi connectivity index (χ3n) is 2.92. The van der Waals surface area contributed by atoms with E-state index in [1.807, 2.05) is 30.3 Å². The molecule has 2 aromatic rings. The minimum atomic E-state index is -0.479. The highest BCUT2D eigenvalue weighted by atomic mass is 32.2. The van der Waals surface area contributed by atoms with E-state index in [1.165, 1.54) is 23.1 Å². The standard InChI is InChI=1S/C16H20N4O2S3/c1-2-9-23-15-19-20-16(25-15)24-10-8-13(21)18-14(22)17-11-12-6-4-3-5-7-12/h3-7H,2,8-11H2,1H3,(H2,17,18,21,22). The van der Waals surface area contributed by atoms with Crippen molar-refractivity contribution in [2.45, 2.75) is 35.0 Å². The van der Waals surface area contributed by atoms with Crippen molar-refractivity contribution in [2.24, 2.45) is 0 Å². The first-order chi connectivity index (χ1) is 12.2. The predicted molar refractivity (Wildman–Crippen MR) is 103 cm³/mol. The molecule has 1 aromatic heterocycles. The van der Waals surface area contributed by atoms with Crippen LogP contribution in [0.15, 0.2) is 39.0 Å². The smallest absolute Gasteiger partial charge is 0.321 e. The lowest BCUT2D eigenvalue weighted by Crippen LogP contribution is -2.39. The fraction of sp³-hybridized carbons (Fsp3) is 0.375. The van der Waals surface area contributed by atoms with Crippen molar-refractivity contribution in [1.82, 2.24) is 20.8 Å². The maximum Gasteiger partial charge on any atom is 0.321 e. The highest BCUT2D eigenvalue weighted by Gasteiger charge is 2.09. The summed E-state index contributed by atoms with van der Waals surface area (Å²) >= 11 is 4.71. The van der Waals surface area contributed by atoms with Gasteiger partial charge in [0.25, 0.3) is 0 Å². The van der Waals surface area contributed by atoms with Crippen LogP contribution in [0.1, 0.15) is 25.3 Å². The van der Waals surface area contributed by atoms with Crippen LogP contribution < -0.4 is 10.6 Å². The van der Waals surface area contributed by atoms with Gasteiger partial charge in [-0.2, -0.15) is 0 Å². The maximum atomic E-state index is 11.8. The summed E-state index contributed by atoms with van der Waals surface area (Å²) in [5, 5.41) is 13.2. The fourth-order valence-corrected chi connectivity index (χ4v) is 4.70. The number of amides is 3. The zero-order chi connectivity index (χ0) is 17.9. The zero-order valence-electron chi connectivity index (χ0n) is 13.9. The van der Waals surface area contributed by atoms with E-state index in [1.54, 1.807) is 11.8 Å². The summed E-state index contributed by atoms with van der Waals surface area (Å²) in [6.45, 7) is 2.51. The molecule has 0 unspecified atom stereocenters. The molecule has 2 N–H and O–H groups in total. The minimum absolute atomic E-state index is 0.250. The number of carbonyl (C=O) groups excluding carboxylic acids is 2. The topological polar surface area (TPSA) is 84.0 Å². The number of aromatic nitrogens is 2. The quantitative estimate of drug-likeness (QED) is 0.631. The van der Waals surface area contributed by atoms with Crippen LogP contribution in [-0.4, -0.2) is 33.6 Å². The van der Waals surface area contributed by atoms with Crippen molar-refractivity contribution in [3.63, 3.8) is 0 Å². The molecule has 0 aliphatic rings. The zero-order valence-corrected chi connectivity index (χ0v) is 16.3. The predicted octanol–water partition coefficient (Wildman–Crippen LogP) is 3.55. The number of nitrogens with one attached hydrogen (secondary N) is 2. The van der Waals surface area contributed by atoms with E-state index in [-0.39, 0.29) is 12.3 Å². The van der Waals surface area contributed by atoms with Crippen LogP contribution in [0.2, 0.25) is 0 Å². The van der Waals surface area contributed by atoms with Gasteiger partial charge in [-0.15, -0.1) is 10.2 Å². The molecule has 2 rings (SSSR count). The van der Waals surface area contributed by atoms with Gasteiger partial charge in [-0.05, 0) is 12.0 Å². The fourth-order valence-electron chi connectivity index (χ4n) is 1.75. The molecule has 134 valence electrons. The Bertz CT molecular complexity index is 679. The van der Waals surface area contributed by atoms with Crippen molar-refractivity contribution >= 4 is 46.8 Å². The molecule has 25 heavy (non-hydrogen) atoms. The van der Waals surface area contributed by atoms with E-state index >= 15 is 0 Å². The van der Waals surface area contributed by atoms with Crippen LogP contribution in [0.25, 0.3) is 0 Å². The molecule has 1 aromatic carbocycles. The Kier molecular flexibility index (Phi) is 8.78. The second-order valence-electron chi connectivity index (χ2n) is 5.00. The van der Waals surface area contributed by atoms with Crippen LogP contribution in [-0.2, 0) is 11.3 Å². The number of urea groups is 1. The van der Waals surface area contributed by atoms with Crippen LogP contribution in [0.3, 0.4) is 0 Å². The maximum absolute atomic E-state index is 11.8. The first-order valence-corrected chi connectivity index (χ1v) is 10.7. The van der Waals surface area contributed by atoms with Gasteiger partial charge in [0.1, 0.15) is 0 Å². The second kappa shape index (κ2) is 11.1.